The van der Waals surface area contributed by atoms with Crippen LogP contribution in [0.25, 0.3) is 0 Å². The van der Waals surface area contributed by atoms with Gasteiger partial charge in [-0.25, -0.2) is 0 Å². The summed E-state index contributed by atoms with van der Waals surface area (Å²) in [5, 5.41) is 15.1. The van der Waals surface area contributed by atoms with Gasteiger partial charge in [0.05, 0.1) is 23.9 Å². The van der Waals surface area contributed by atoms with E-state index in [9.17, 15) is 4.79 Å². The van der Waals surface area contributed by atoms with Gasteiger partial charge in [-0.3, -0.25) is 9.69 Å². The van der Waals surface area contributed by atoms with Gasteiger partial charge in [0.25, 0.3) is 5.91 Å². The van der Waals surface area contributed by atoms with Crippen molar-refractivity contribution in [1.29, 1.82) is 5.26 Å². The van der Waals surface area contributed by atoms with Crippen LogP contribution >= 0.6 is 11.6 Å². The number of hydrogen-bond donors (Lipinski definition) is 3. The number of carbonyl (C=O) groups excluding carboxylic acids is 1. The van der Waals surface area contributed by atoms with Crippen LogP contribution in [0.5, 0.6) is 0 Å². The predicted octanol–water partition coefficient (Wildman–Crippen LogP) is 1.19. The molecule has 0 unspecified atom stereocenters. The summed E-state index contributed by atoms with van der Waals surface area (Å²) in [6.07, 6.45) is 1.33. The molecule has 2 rings (SSSR count). The Balaban J connectivity index is 1.85. The fraction of sp³-hybridized carbons (Fsp3) is 0.375. The number of ether oxygens (including phenoxy) is 1. The summed E-state index contributed by atoms with van der Waals surface area (Å²) in [6.45, 7) is 4.33. The van der Waals surface area contributed by atoms with Gasteiger partial charge >= 0.3 is 0 Å². The van der Waals surface area contributed by atoms with Crippen LogP contribution in [0.2, 0.25) is 5.02 Å². The topological polar surface area (TPSA) is 103 Å². The summed E-state index contributed by atoms with van der Waals surface area (Å²) in [7, 11) is 0. The molecule has 4 N–H and O–H groups in total. The highest BCUT2D eigenvalue weighted by atomic mass is 35.5. The zero-order chi connectivity index (χ0) is 17.4. The lowest BCUT2D eigenvalue weighted by Gasteiger charge is -2.26. The third kappa shape index (κ3) is 5.42. The molecule has 1 fully saturated rings. The van der Waals surface area contributed by atoms with Gasteiger partial charge in [0.2, 0.25) is 0 Å². The van der Waals surface area contributed by atoms with E-state index in [4.69, 9.17) is 27.3 Å². The Morgan fingerprint density at radius 2 is 2.21 bits per heavy atom. The fourth-order valence-electron chi connectivity index (χ4n) is 2.19. The minimum Gasteiger partial charge on any atom is -0.399 e. The lowest BCUT2D eigenvalue weighted by molar-refractivity contribution is -0.117. The molecule has 24 heavy (non-hydrogen) atoms. The number of benzene rings is 1. The second kappa shape index (κ2) is 9.13. The van der Waals surface area contributed by atoms with E-state index in [1.165, 1.54) is 6.20 Å². The third-order valence-corrected chi connectivity index (χ3v) is 3.86. The summed E-state index contributed by atoms with van der Waals surface area (Å²) in [4.78, 5) is 14.2. The molecule has 0 radical (unpaired) electrons. The average Bonchev–Trinajstić information content (AvgIpc) is 2.58. The van der Waals surface area contributed by atoms with Gasteiger partial charge in [-0.05, 0) is 18.2 Å². The molecule has 128 valence electrons. The summed E-state index contributed by atoms with van der Waals surface area (Å²) in [5.74, 6) is -0.426. The number of carbonyl (C=O) groups is 1. The molecule has 0 bridgehead atoms. The molecule has 0 spiro atoms. The minimum absolute atomic E-state index is 0.0233. The summed E-state index contributed by atoms with van der Waals surface area (Å²) >= 11 is 6.03. The molecule has 1 heterocycles. The first-order chi connectivity index (χ1) is 11.6. The number of hydrogen-bond acceptors (Lipinski definition) is 6. The molecule has 1 aromatic carbocycles. The van der Waals surface area contributed by atoms with E-state index in [2.05, 4.69) is 15.5 Å². The number of halogens is 1. The Morgan fingerprint density at radius 3 is 2.88 bits per heavy atom. The Hall–Kier alpha value is -2.27. The number of nitrogens with one attached hydrogen (secondary N) is 2. The number of morpholine rings is 1. The second-order valence-corrected chi connectivity index (χ2v) is 5.67. The van der Waals surface area contributed by atoms with Crippen molar-refractivity contribution >= 4 is 28.9 Å². The SMILES string of the molecule is N#C/C(=C/Nc1ccc(N)cc1Cl)C(=O)NCCN1CCOCC1. The highest BCUT2D eigenvalue weighted by Gasteiger charge is 2.12. The Bertz CT molecular complexity index is 650. The van der Waals surface area contributed by atoms with E-state index >= 15 is 0 Å². The molecule has 7 nitrogen and oxygen atoms in total. The van der Waals surface area contributed by atoms with Gasteiger partial charge < -0.3 is 21.1 Å². The number of anilines is 2. The molecule has 8 heteroatoms. The monoisotopic (exact) mass is 349 g/mol. The Morgan fingerprint density at radius 1 is 1.46 bits per heavy atom. The van der Waals surface area contributed by atoms with E-state index in [0.29, 0.717) is 36.2 Å². The number of nitriles is 1. The molecule has 0 aliphatic carbocycles. The lowest BCUT2D eigenvalue weighted by Crippen LogP contribution is -2.41. The van der Waals surface area contributed by atoms with Crippen molar-refractivity contribution in [3.8, 4) is 6.07 Å². The molecule has 1 saturated heterocycles. The van der Waals surface area contributed by atoms with E-state index in [1.54, 1.807) is 18.2 Å². The fourth-order valence-corrected chi connectivity index (χ4v) is 2.44. The van der Waals surface area contributed by atoms with Crippen LogP contribution in [0.1, 0.15) is 0 Å². The van der Waals surface area contributed by atoms with Crippen LogP contribution in [0.3, 0.4) is 0 Å². The number of nitrogens with two attached hydrogens (primary N) is 1. The highest BCUT2D eigenvalue weighted by molar-refractivity contribution is 6.33. The number of rotatable bonds is 6. The smallest absolute Gasteiger partial charge is 0.263 e. The van der Waals surface area contributed by atoms with E-state index in [-0.39, 0.29) is 5.57 Å². The largest absolute Gasteiger partial charge is 0.399 e. The standard InChI is InChI=1S/C16H20ClN5O2/c17-14-9-13(19)1-2-15(14)21-11-12(10-18)16(23)20-3-4-22-5-7-24-8-6-22/h1-2,9,11,21H,3-8,19H2,(H,20,23)/b12-11-. The van der Waals surface area contributed by atoms with Crippen LogP contribution in [-0.4, -0.2) is 50.2 Å². The van der Waals surface area contributed by atoms with Gasteiger partial charge in [0, 0.05) is 38.1 Å². The van der Waals surface area contributed by atoms with Gasteiger partial charge in [0.1, 0.15) is 11.6 Å². The van der Waals surface area contributed by atoms with Crippen LogP contribution in [0.15, 0.2) is 30.0 Å². The zero-order valence-corrected chi connectivity index (χ0v) is 14.0. The van der Waals surface area contributed by atoms with Crippen molar-refractivity contribution in [3.63, 3.8) is 0 Å². The lowest BCUT2D eigenvalue weighted by atomic mass is 10.2. The summed E-state index contributed by atoms with van der Waals surface area (Å²) in [5.41, 5.74) is 6.70. The molecule has 0 saturated carbocycles. The van der Waals surface area contributed by atoms with Gasteiger partial charge in [-0.1, -0.05) is 11.6 Å². The summed E-state index contributed by atoms with van der Waals surface area (Å²) < 4.78 is 5.27. The van der Waals surface area contributed by atoms with Crippen molar-refractivity contribution in [1.82, 2.24) is 10.2 Å². The molecule has 1 amide bonds. The highest BCUT2D eigenvalue weighted by Crippen LogP contribution is 2.24. The molecule has 0 aromatic heterocycles. The Kier molecular flexibility index (Phi) is 6.88. The van der Waals surface area contributed by atoms with E-state index in [0.717, 1.165) is 19.6 Å². The molecule has 0 atom stereocenters. The van der Waals surface area contributed by atoms with Gasteiger partial charge in [-0.2, -0.15) is 5.26 Å². The van der Waals surface area contributed by atoms with Crippen molar-refractivity contribution in [2.75, 3.05) is 50.4 Å². The Labute approximate surface area is 146 Å². The maximum absolute atomic E-state index is 12.0. The van der Waals surface area contributed by atoms with Crippen LogP contribution in [0, 0.1) is 11.3 Å². The number of nitrogens with zero attached hydrogens (tertiary/aromatic N) is 2. The second-order valence-electron chi connectivity index (χ2n) is 5.26. The molecular formula is C16H20ClN5O2. The maximum atomic E-state index is 12.0. The zero-order valence-electron chi connectivity index (χ0n) is 13.2. The quantitative estimate of drug-likeness (QED) is 0.405. The van der Waals surface area contributed by atoms with Gasteiger partial charge in [0.15, 0.2) is 0 Å². The van der Waals surface area contributed by atoms with Crippen molar-refractivity contribution < 1.29 is 9.53 Å². The van der Waals surface area contributed by atoms with Crippen LogP contribution in [-0.2, 0) is 9.53 Å². The van der Waals surface area contributed by atoms with E-state index in [1.807, 2.05) is 6.07 Å². The van der Waals surface area contributed by atoms with Crippen molar-refractivity contribution in [2.45, 2.75) is 0 Å². The average molecular weight is 350 g/mol. The molecule has 1 aromatic rings. The molecular weight excluding hydrogens is 330 g/mol. The first-order valence-electron chi connectivity index (χ1n) is 7.60. The maximum Gasteiger partial charge on any atom is 0.263 e. The number of nitrogen functional groups attached to an aromatic ring is 1. The van der Waals surface area contributed by atoms with Crippen LogP contribution < -0.4 is 16.4 Å². The first kappa shape index (κ1) is 18.1. The van der Waals surface area contributed by atoms with Crippen LogP contribution in [0.4, 0.5) is 11.4 Å². The number of amides is 1. The first-order valence-corrected chi connectivity index (χ1v) is 7.98. The van der Waals surface area contributed by atoms with Gasteiger partial charge in [-0.15, -0.1) is 0 Å². The third-order valence-electron chi connectivity index (χ3n) is 3.55. The molecule has 1 aliphatic rings. The normalized spacial score (nSPS) is 15.6. The molecule has 1 aliphatic heterocycles. The van der Waals surface area contributed by atoms with E-state index < -0.39 is 5.91 Å². The summed E-state index contributed by atoms with van der Waals surface area (Å²) in [6, 6.07) is 6.82. The minimum atomic E-state index is -0.426. The van der Waals surface area contributed by atoms with Crippen molar-refractivity contribution in [3.05, 3.63) is 35.0 Å². The van der Waals surface area contributed by atoms with Crippen molar-refractivity contribution in [2.24, 2.45) is 0 Å². The predicted molar refractivity (Wildman–Crippen MR) is 93.5 cm³/mol.